The number of hydrogen-bond donors (Lipinski definition) is 3. The first kappa shape index (κ1) is 22.5. The third kappa shape index (κ3) is 5.30. The van der Waals surface area contributed by atoms with E-state index < -0.39 is 52.3 Å². The van der Waals surface area contributed by atoms with Crippen LogP contribution in [-0.4, -0.2) is 95.9 Å². The van der Waals surface area contributed by atoms with Crippen LogP contribution >= 0.6 is 0 Å². The highest BCUT2D eigenvalue weighted by Gasteiger charge is 2.49. The number of carbonyl (C=O) groups excluding carboxylic acids is 3. The van der Waals surface area contributed by atoms with Crippen molar-refractivity contribution in [3.8, 4) is 0 Å². The summed E-state index contributed by atoms with van der Waals surface area (Å²) in [5, 5.41) is 6.47. The molecule has 14 heteroatoms. The first-order valence-electron chi connectivity index (χ1n) is 9.62. The van der Waals surface area contributed by atoms with Gasteiger partial charge in [-0.25, -0.2) is 9.59 Å². The zero-order chi connectivity index (χ0) is 22.3. The van der Waals surface area contributed by atoms with E-state index >= 15 is 0 Å². The Bertz CT molecular complexity index is 813. The second kappa shape index (κ2) is 8.17. The number of fused-ring (bicyclic) bond motifs is 2. The van der Waals surface area contributed by atoms with Gasteiger partial charge in [-0.1, -0.05) is 0 Å². The number of nitrogens with zero attached hydrogens (tertiary/aromatic N) is 3. The summed E-state index contributed by atoms with van der Waals surface area (Å²) in [7, 11) is -4.85. The Kier molecular flexibility index (Phi) is 6.13. The van der Waals surface area contributed by atoms with Gasteiger partial charge in [0.05, 0.1) is 18.8 Å². The van der Waals surface area contributed by atoms with Gasteiger partial charge < -0.3 is 19.9 Å². The van der Waals surface area contributed by atoms with E-state index in [4.69, 9.17) is 9.29 Å². The SMILES string of the molecule is CC(C)(C)OC(=O)N1CCNC(NC(=O)[C@@H]2CC[C@@H]3CN2C(=O)N3OS(=O)(=O)O)C1. The fraction of sp³-hybridized carbons (Fsp3) is 0.812. The van der Waals surface area contributed by atoms with Gasteiger partial charge in [0.25, 0.3) is 0 Å². The first-order chi connectivity index (χ1) is 13.8. The van der Waals surface area contributed by atoms with Crippen molar-refractivity contribution in [1.29, 1.82) is 0 Å². The molecule has 0 aromatic rings. The maximum atomic E-state index is 12.8. The molecule has 3 heterocycles. The quantitative estimate of drug-likeness (QED) is 0.471. The molecule has 3 rings (SSSR count). The van der Waals surface area contributed by atoms with Crippen LogP contribution in [0.2, 0.25) is 0 Å². The maximum absolute atomic E-state index is 12.8. The molecular formula is C16H27N5O8S. The van der Waals surface area contributed by atoms with Crippen LogP contribution in [-0.2, 0) is 24.2 Å². The van der Waals surface area contributed by atoms with Crippen molar-refractivity contribution in [2.75, 3.05) is 26.2 Å². The topological polar surface area (TPSA) is 158 Å². The Morgan fingerprint density at radius 1 is 1.23 bits per heavy atom. The van der Waals surface area contributed by atoms with E-state index in [0.29, 0.717) is 31.0 Å². The van der Waals surface area contributed by atoms with E-state index in [1.165, 1.54) is 9.80 Å². The molecule has 4 amide bonds. The van der Waals surface area contributed by atoms with Crippen molar-refractivity contribution in [2.24, 2.45) is 0 Å². The van der Waals surface area contributed by atoms with E-state index in [9.17, 15) is 22.8 Å². The first-order valence-corrected chi connectivity index (χ1v) is 11.0. The molecule has 170 valence electrons. The van der Waals surface area contributed by atoms with Crippen molar-refractivity contribution >= 4 is 28.4 Å². The van der Waals surface area contributed by atoms with Crippen LogP contribution in [0.25, 0.3) is 0 Å². The zero-order valence-electron chi connectivity index (χ0n) is 17.0. The summed E-state index contributed by atoms with van der Waals surface area (Å²) in [4.78, 5) is 40.2. The number of urea groups is 1. The van der Waals surface area contributed by atoms with Crippen LogP contribution in [0.1, 0.15) is 33.6 Å². The van der Waals surface area contributed by atoms with Gasteiger partial charge in [-0.3, -0.25) is 14.7 Å². The van der Waals surface area contributed by atoms with Gasteiger partial charge in [0.2, 0.25) is 5.91 Å². The minimum Gasteiger partial charge on any atom is -0.444 e. The van der Waals surface area contributed by atoms with E-state index in [1.54, 1.807) is 20.8 Å². The van der Waals surface area contributed by atoms with Crippen LogP contribution in [0, 0.1) is 0 Å². The van der Waals surface area contributed by atoms with Gasteiger partial charge in [0.15, 0.2) is 0 Å². The van der Waals surface area contributed by atoms with Crippen LogP contribution in [0.15, 0.2) is 0 Å². The van der Waals surface area contributed by atoms with Gasteiger partial charge in [-0.2, -0.15) is 13.5 Å². The molecule has 0 saturated carbocycles. The Balaban J connectivity index is 1.59. The molecule has 0 aliphatic carbocycles. The molecule has 0 aromatic carbocycles. The van der Waals surface area contributed by atoms with Crippen LogP contribution in [0.5, 0.6) is 0 Å². The van der Waals surface area contributed by atoms with Gasteiger partial charge in [-0.05, 0) is 33.6 Å². The van der Waals surface area contributed by atoms with E-state index in [1.807, 2.05) is 0 Å². The molecule has 2 bridgehead atoms. The van der Waals surface area contributed by atoms with Crippen molar-refractivity contribution in [1.82, 2.24) is 25.5 Å². The van der Waals surface area contributed by atoms with Gasteiger partial charge in [0.1, 0.15) is 11.6 Å². The minimum atomic E-state index is -4.85. The van der Waals surface area contributed by atoms with Crippen LogP contribution in [0.4, 0.5) is 9.59 Å². The minimum absolute atomic E-state index is 0.106. The number of carbonyl (C=O) groups is 3. The summed E-state index contributed by atoms with van der Waals surface area (Å²) in [5.74, 6) is -0.431. The number of nitrogens with one attached hydrogen (secondary N) is 2. The lowest BCUT2D eigenvalue weighted by atomic mass is 10.00. The molecule has 3 fully saturated rings. The normalized spacial score (nSPS) is 27.3. The molecule has 3 atom stereocenters. The number of piperazine rings is 1. The summed E-state index contributed by atoms with van der Waals surface area (Å²) in [6.45, 7) is 6.49. The number of hydrogen-bond acceptors (Lipinski definition) is 8. The average Bonchev–Trinajstić information content (AvgIpc) is 2.84. The van der Waals surface area contributed by atoms with E-state index in [-0.39, 0.29) is 13.1 Å². The fourth-order valence-electron chi connectivity index (χ4n) is 3.71. The third-order valence-electron chi connectivity index (χ3n) is 4.94. The van der Waals surface area contributed by atoms with Gasteiger partial charge in [-0.15, -0.1) is 4.28 Å². The molecule has 3 saturated heterocycles. The van der Waals surface area contributed by atoms with Crippen molar-refractivity contribution in [2.45, 2.75) is 57.5 Å². The average molecular weight is 449 g/mol. The highest BCUT2D eigenvalue weighted by molar-refractivity contribution is 7.80. The highest BCUT2D eigenvalue weighted by atomic mass is 32.3. The Morgan fingerprint density at radius 2 is 1.93 bits per heavy atom. The lowest BCUT2D eigenvalue weighted by molar-refractivity contribution is -0.127. The Labute approximate surface area is 174 Å². The van der Waals surface area contributed by atoms with Crippen molar-refractivity contribution in [3.63, 3.8) is 0 Å². The number of hydroxylamine groups is 2. The molecule has 1 unspecified atom stereocenters. The van der Waals surface area contributed by atoms with E-state index in [2.05, 4.69) is 14.9 Å². The Hall–Kier alpha value is -2.16. The number of piperidine rings is 1. The smallest absolute Gasteiger partial charge is 0.418 e. The molecule has 13 nitrogen and oxygen atoms in total. The number of rotatable bonds is 4. The van der Waals surface area contributed by atoms with E-state index in [0.717, 1.165) is 0 Å². The summed E-state index contributed by atoms with van der Waals surface area (Å²) >= 11 is 0. The molecule has 3 N–H and O–H groups in total. The molecule has 0 radical (unpaired) electrons. The predicted octanol–water partition coefficient (Wildman–Crippen LogP) is -0.728. The zero-order valence-corrected chi connectivity index (χ0v) is 17.8. The van der Waals surface area contributed by atoms with Gasteiger partial charge in [0, 0.05) is 19.6 Å². The maximum Gasteiger partial charge on any atom is 0.418 e. The summed E-state index contributed by atoms with van der Waals surface area (Å²) in [5.41, 5.74) is -0.633. The lowest BCUT2D eigenvalue weighted by Gasteiger charge is -2.36. The summed E-state index contributed by atoms with van der Waals surface area (Å²) in [6, 6.07) is -2.19. The van der Waals surface area contributed by atoms with Gasteiger partial charge >= 0.3 is 22.5 Å². The van der Waals surface area contributed by atoms with Crippen molar-refractivity contribution < 1.29 is 36.4 Å². The molecule has 0 aromatic heterocycles. The fourth-order valence-corrected chi connectivity index (χ4v) is 4.10. The third-order valence-corrected chi connectivity index (χ3v) is 5.29. The second-order valence-electron chi connectivity index (χ2n) is 8.45. The largest absolute Gasteiger partial charge is 0.444 e. The monoisotopic (exact) mass is 449 g/mol. The summed E-state index contributed by atoms with van der Waals surface area (Å²) < 4.78 is 40.5. The van der Waals surface area contributed by atoms with Crippen LogP contribution in [0.3, 0.4) is 0 Å². The molecule has 30 heavy (non-hydrogen) atoms. The van der Waals surface area contributed by atoms with Crippen LogP contribution < -0.4 is 10.6 Å². The Morgan fingerprint density at radius 3 is 2.57 bits per heavy atom. The predicted molar refractivity (Wildman–Crippen MR) is 101 cm³/mol. The molecular weight excluding hydrogens is 422 g/mol. The second-order valence-corrected chi connectivity index (χ2v) is 9.46. The highest BCUT2D eigenvalue weighted by Crippen LogP contribution is 2.30. The number of ether oxygens (including phenoxy) is 1. The molecule has 3 aliphatic heterocycles. The molecule has 0 spiro atoms. The molecule has 3 aliphatic rings. The lowest BCUT2D eigenvalue weighted by Crippen LogP contribution is -2.62. The standard InChI is InChI=1S/C16H27N5O8S/c1-16(2,3)28-15(24)19-7-6-17-12(9-19)18-13(22)11-5-4-10-8-20(11)14(23)21(10)29-30(25,26)27/h10-12,17H,4-9H2,1-3H3,(H,18,22)(H,25,26,27)/t10-,11+,12?/m1/s1. The number of amides is 4. The van der Waals surface area contributed by atoms with Crippen molar-refractivity contribution in [3.05, 3.63) is 0 Å². The summed E-state index contributed by atoms with van der Waals surface area (Å²) in [6.07, 6.45) is -0.371.